The molecular formula is C25H26N4OS. The van der Waals surface area contributed by atoms with E-state index in [9.17, 15) is 0 Å². The normalized spacial score (nSPS) is 10.7. The molecule has 1 N–H and O–H groups in total. The number of hydrogen-bond acceptors (Lipinski definition) is 5. The van der Waals surface area contributed by atoms with Crippen LogP contribution < -0.4 is 10.1 Å². The van der Waals surface area contributed by atoms with Gasteiger partial charge in [0.2, 0.25) is 0 Å². The van der Waals surface area contributed by atoms with Crippen molar-refractivity contribution in [1.29, 1.82) is 0 Å². The standard InChI is InChI=1S/C25H26N4OS/c1-30-23-17-9-8-16-22(23)26-19-24-27-28-25(29(24)21-14-6-3-7-15-21)31-18-10-13-20-11-4-2-5-12-20/h2-9,11-12,14-17,26H,10,13,18-19H2,1H3. The minimum atomic E-state index is 0.548. The zero-order valence-electron chi connectivity index (χ0n) is 17.6. The van der Waals surface area contributed by atoms with Crippen molar-refractivity contribution in [1.82, 2.24) is 14.8 Å². The topological polar surface area (TPSA) is 52.0 Å². The summed E-state index contributed by atoms with van der Waals surface area (Å²) in [6, 6.07) is 28.8. The SMILES string of the molecule is COc1ccccc1NCc1nnc(SCCCc2ccccc2)n1-c1ccccc1. The van der Waals surface area contributed by atoms with Crippen LogP contribution in [-0.2, 0) is 13.0 Å². The van der Waals surface area contributed by atoms with Crippen molar-refractivity contribution >= 4 is 17.4 Å². The van der Waals surface area contributed by atoms with E-state index in [1.165, 1.54) is 5.56 Å². The lowest BCUT2D eigenvalue weighted by atomic mass is 10.1. The lowest BCUT2D eigenvalue weighted by Gasteiger charge is -2.13. The number of para-hydroxylation sites is 3. The number of nitrogens with zero attached hydrogens (tertiary/aromatic N) is 3. The molecule has 5 nitrogen and oxygen atoms in total. The average molecular weight is 431 g/mol. The number of aromatic nitrogens is 3. The molecule has 158 valence electrons. The van der Waals surface area contributed by atoms with Crippen LogP contribution in [0.25, 0.3) is 5.69 Å². The van der Waals surface area contributed by atoms with Crippen molar-refractivity contribution in [2.75, 3.05) is 18.2 Å². The first-order chi connectivity index (χ1) is 15.3. The third kappa shape index (κ3) is 5.47. The van der Waals surface area contributed by atoms with Gasteiger partial charge in [0.1, 0.15) is 5.75 Å². The number of aryl methyl sites for hydroxylation is 1. The lowest BCUT2D eigenvalue weighted by Crippen LogP contribution is -2.09. The molecular weight excluding hydrogens is 404 g/mol. The maximum Gasteiger partial charge on any atom is 0.195 e. The number of nitrogens with one attached hydrogen (secondary N) is 1. The van der Waals surface area contributed by atoms with Gasteiger partial charge in [-0.3, -0.25) is 4.57 Å². The number of thioether (sulfide) groups is 1. The molecule has 0 amide bonds. The fourth-order valence-corrected chi connectivity index (χ4v) is 4.30. The van der Waals surface area contributed by atoms with E-state index >= 15 is 0 Å². The number of rotatable bonds is 10. The second-order valence-corrected chi connectivity index (χ2v) is 8.12. The van der Waals surface area contributed by atoms with Crippen LogP contribution in [0, 0.1) is 0 Å². The van der Waals surface area contributed by atoms with Crippen LogP contribution in [0.5, 0.6) is 5.75 Å². The molecule has 0 radical (unpaired) electrons. The molecule has 0 fully saturated rings. The Labute approximate surface area is 187 Å². The van der Waals surface area contributed by atoms with Gasteiger partial charge in [0, 0.05) is 11.4 Å². The van der Waals surface area contributed by atoms with E-state index in [0.29, 0.717) is 6.54 Å². The molecule has 3 aromatic carbocycles. The maximum atomic E-state index is 5.45. The van der Waals surface area contributed by atoms with Crippen LogP contribution in [-0.4, -0.2) is 27.6 Å². The van der Waals surface area contributed by atoms with Gasteiger partial charge in [-0.05, 0) is 42.7 Å². The third-order valence-electron chi connectivity index (χ3n) is 4.94. The number of benzene rings is 3. The van der Waals surface area contributed by atoms with Crippen LogP contribution in [0.4, 0.5) is 5.69 Å². The molecule has 0 atom stereocenters. The quantitative estimate of drug-likeness (QED) is 0.262. The summed E-state index contributed by atoms with van der Waals surface area (Å²) in [5, 5.41) is 13.3. The Kier molecular flexibility index (Phi) is 7.24. The zero-order chi connectivity index (χ0) is 21.3. The van der Waals surface area contributed by atoms with E-state index in [1.807, 2.05) is 42.5 Å². The van der Waals surface area contributed by atoms with Crippen LogP contribution in [0.1, 0.15) is 17.8 Å². The largest absolute Gasteiger partial charge is 0.495 e. The van der Waals surface area contributed by atoms with Crippen molar-refractivity contribution in [3.05, 3.63) is 96.3 Å². The smallest absolute Gasteiger partial charge is 0.195 e. The lowest BCUT2D eigenvalue weighted by molar-refractivity contribution is 0.416. The van der Waals surface area contributed by atoms with Gasteiger partial charge in [-0.15, -0.1) is 10.2 Å². The maximum absolute atomic E-state index is 5.45. The fourth-order valence-electron chi connectivity index (χ4n) is 3.39. The molecule has 0 unspecified atom stereocenters. The summed E-state index contributed by atoms with van der Waals surface area (Å²) in [6.45, 7) is 0.548. The van der Waals surface area contributed by atoms with Crippen molar-refractivity contribution in [2.45, 2.75) is 24.5 Å². The Hall–Kier alpha value is -3.25. The molecule has 31 heavy (non-hydrogen) atoms. The molecule has 0 bridgehead atoms. The molecule has 6 heteroatoms. The van der Waals surface area contributed by atoms with Gasteiger partial charge in [0.05, 0.1) is 19.3 Å². The Morgan fingerprint density at radius 2 is 1.58 bits per heavy atom. The Morgan fingerprint density at radius 3 is 2.35 bits per heavy atom. The van der Waals surface area contributed by atoms with Crippen molar-refractivity contribution in [3.8, 4) is 11.4 Å². The predicted molar refractivity (Wildman–Crippen MR) is 127 cm³/mol. The number of hydrogen-bond donors (Lipinski definition) is 1. The Balaban J connectivity index is 1.47. The highest BCUT2D eigenvalue weighted by Crippen LogP contribution is 2.26. The molecule has 0 aliphatic carbocycles. The third-order valence-corrected chi connectivity index (χ3v) is 5.96. The average Bonchev–Trinajstić information content (AvgIpc) is 3.24. The van der Waals surface area contributed by atoms with Crippen molar-refractivity contribution < 1.29 is 4.74 Å². The van der Waals surface area contributed by atoms with Crippen molar-refractivity contribution in [3.63, 3.8) is 0 Å². The molecule has 0 aliphatic rings. The summed E-state index contributed by atoms with van der Waals surface area (Å²) in [4.78, 5) is 0. The van der Waals surface area contributed by atoms with E-state index in [1.54, 1.807) is 18.9 Å². The summed E-state index contributed by atoms with van der Waals surface area (Å²) in [6.07, 6.45) is 2.15. The fraction of sp³-hybridized carbons (Fsp3) is 0.200. The van der Waals surface area contributed by atoms with Gasteiger partial charge < -0.3 is 10.1 Å². The highest BCUT2D eigenvalue weighted by Gasteiger charge is 2.15. The van der Waals surface area contributed by atoms with Crippen LogP contribution in [0.3, 0.4) is 0 Å². The van der Waals surface area contributed by atoms with E-state index in [-0.39, 0.29) is 0 Å². The first-order valence-electron chi connectivity index (χ1n) is 10.4. The van der Waals surface area contributed by atoms with Gasteiger partial charge in [0.25, 0.3) is 0 Å². The van der Waals surface area contributed by atoms with Gasteiger partial charge in [-0.1, -0.05) is 72.4 Å². The van der Waals surface area contributed by atoms with Gasteiger partial charge in [-0.25, -0.2) is 0 Å². The van der Waals surface area contributed by atoms with Gasteiger partial charge in [0.15, 0.2) is 11.0 Å². The highest BCUT2D eigenvalue weighted by atomic mass is 32.2. The van der Waals surface area contributed by atoms with Crippen LogP contribution in [0.2, 0.25) is 0 Å². The van der Waals surface area contributed by atoms with E-state index < -0.39 is 0 Å². The summed E-state index contributed by atoms with van der Waals surface area (Å²) in [7, 11) is 1.68. The molecule has 1 aromatic heterocycles. The molecule has 4 rings (SSSR count). The van der Waals surface area contributed by atoms with E-state index in [0.717, 1.165) is 46.7 Å². The molecule has 0 saturated carbocycles. The molecule has 0 saturated heterocycles. The number of anilines is 1. The molecule has 0 aliphatic heterocycles. The Morgan fingerprint density at radius 1 is 0.871 bits per heavy atom. The zero-order valence-corrected chi connectivity index (χ0v) is 18.4. The highest BCUT2D eigenvalue weighted by molar-refractivity contribution is 7.99. The summed E-state index contributed by atoms with van der Waals surface area (Å²) in [5.74, 6) is 2.66. The van der Waals surface area contributed by atoms with Crippen LogP contribution >= 0.6 is 11.8 Å². The number of methoxy groups -OCH3 is 1. The predicted octanol–water partition coefficient (Wildman–Crippen LogP) is 5.61. The van der Waals surface area contributed by atoms with Gasteiger partial charge in [-0.2, -0.15) is 0 Å². The second kappa shape index (κ2) is 10.7. The van der Waals surface area contributed by atoms with Crippen LogP contribution in [0.15, 0.2) is 90.1 Å². The minimum Gasteiger partial charge on any atom is -0.495 e. The minimum absolute atomic E-state index is 0.548. The first-order valence-corrected chi connectivity index (χ1v) is 11.4. The summed E-state index contributed by atoms with van der Waals surface area (Å²) < 4.78 is 7.58. The number of ether oxygens (including phenoxy) is 1. The summed E-state index contributed by atoms with van der Waals surface area (Å²) in [5.41, 5.74) is 3.37. The monoisotopic (exact) mass is 430 g/mol. The van der Waals surface area contributed by atoms with E-state index in [2.05, 4.69) is 62.5 Å². The first kappa shape index (κ1) is 21.0. The van der Waals surface area contributed by atoms with E-state index in [4.69, 9.17) is 4.74 Å². The van der Waals surface area contributed by atoms with Gasteiger partial charge >= 0.3 is 0 Å². The Bertz CT molecular complexity index is 1080. The molecule has 1 heterocycles. The molecule has 4 aromatic rings. The van der Waals surface area contributed by atoms with Crippen molar-refractivity contribution in [2.24, 2.45) is 0 Å². The summed E-state index contributed by atoms with van der Waals surface area (Å²) >= 11 is 1.75. The second-order valence-electron chi connectivity index (χ2n) is 7.06. The molecule has 0 spiro atoms.